The standard InChI is InChI=1S/C56H100NO7P/c1-6-8-10-12-14-16-18-20-22-24-26-28-29-30-31-33-35-37-39-41-43-45-47-49-56(58)64-55(54-63-65(59,60)62-52-50-57(3,4)5)53-61-51-48-46-44-42-40-38-36-34-32-27-25-23-21-19-17-15-13-11-9-7-2/h8,10,14-17,20-23,26-28,32,55H,6-7,9,11-13,18-19,24-25,29-31,33-54H2,1-5H3/b10-8-,16-14-,17-15-,22-20-,23-21-,28-26-,32-27-. The fourth-order valence-corrected chi connectivity index (χ4v) is 7.63. The van der Waals surface area contributed by atoms with E-state index in [1.807, 2.05) is 21.1 Å². The van der Waals surface area contributed by atoms with Gasteiger partial charge in [-0.1, -0.05) is 195 Å². The second kappa shape index (κ2) is 48.1. The minimum Gasteiger partial charge on any atom is -0.756 e. The molecule has 0 aromatic heterocycles. The van der Waals surface area contributed by atoms with Gasteiger partial charge in [-0.3, -0.25) is 9.36 Å². The van der Waals surface area contributed by atoms with E-state index < -0.39 is 13.9 Å². The van der Waals surface area contributed by atoms with Gasteiger partial charge in [0.25, 0.3) is 7.82 Å². The Morgan fingerprint density at radius 2 is 0.892 bits per heavy atom. The minimum atomic E-state index is -4.54. The van der Waals surface area contributed by atoms with Crippen LogP contribution in [0.4, 0.5) is 0 Å². The van der Waals surface area contributed by atoms with Crippen molar-refractivity contribution in [1.29, 1.82) is 0 Å². The van der Waals surface area contributed by atoms with E-state index in [1.165, 1.54) is 103 Å². The zero-order valence-corrected chi connectivity index (χ0v) is 43.6. The summed E-state index contributed by atoms with van der Waals surface area (Å²) in [5.74, 6) is -0.344. The monoisotopic (exact) mass is 930 g/mol. The summed E-state index contributed by atoms with van der Waals surface area (Å²) < 4.78 is 34.8. The molecule has 8 nitrogen and oxygen atoms in total. The van der Waals surface area contributed by atoms with Crippen LogP contribution in [0.1, 0.15) is 206 Å². The lowest BCUT2D eigenvalue weighted by Gasteiger charge is -2.28. The highest BCUT2D eigenvalue weighted by atomic mass is 31.2. The number of phosphoric ester groups is 1. The molecule has 2 atom stereocenters. The maximum atomic E-state index is 12.8. The zero-order valence-electron chi connectivity index (χ0n) is 42.7. The molecule has 2 unspecified atom stereocenters. The van der Waals surface area contributed by atoms with E-state index in [9.17, 15) is 14.3 Å². The molecule has 0 spiro atoms. The van der Waals surface area contributed by atoms with Crippen molar-refractivity contribution in [3.8, 4) is 0 Å². The van der Waals surface area contributed by atoms with E-state index in [0.717, 1.165) is 83.5 Å². The molecule has 0 aliphatic heterocycles. The lowest BCUT2D eigenvalue weighted by molar-refractivity contribution is -0.870. The van der Waals surface area contributed by atoms with Crippen molar-refractivity contribution in [2.24, 2.45) is 0 Å². The molecule has 0 amide bonds. The van der Waals surface area contributed by atoms with Gasteiger partial charge in [-0.2, -0.15) is 0 Å². The molecule has 0 N–H and O–H groups in total. The molecule has 0 bridgehead atoms. The zero-order chi connectivity index (χ0) is 47.6. The number of carbonyl (C=O) groups is 1. The van der Waals surface area contributed by atoms with Gasteiger partial charge >= 0.3 is 5.97 Å². The summed E-state index contributed by atoms with van der Waals surface area (Å²) in [7, 11) is 1.34. The highest BCUT2D eigenvalue weighted by Crippen LogP contribution is 2.38. The predicted octanol–water partition coefficient (Wildman–Crippen LogP) is 15.8. The lowest BCUT2D eigenvalue weighted by Crippen LogP contribution is -2.37. The molecular weight excluding hydrogens is 830 g/mol. The van der Waals surface area contributed by atoms with Gasteiger partial charge in [-0.15, -0.1) is 0 Å². The predicted molar refractivity (Wildman–Crippen MR) is 277 cm³/mol. The van der Waals surface area contributed by atoms with Crippen molar-refractivity contribution in [1.82, 2.24) is 0 Å². The SMILES string of the molecule is CC/C=C\C/C=C\C/C=C\C/C=C\CCCCCCCCCCCCC(=O)OC(COCCCCCCCCC/C=C\C/C=C\C/C=C\CCCCC)COP(=O)([O-])OCC[N+](C)(C)C. The first-order valence-corrected chi connectivity index (χ1v) is 27.8. The molecule has 0 fully saturated rings. The molecule has 0 rings (SSSR count). The van der Waals surface area contributed by atoms with Crippen molar-refractivity contribution >= 4 is 13.8 Å². The number of likely N-dealkylation sites (N-methyl/N-ethyl adjacent to an activating group) is 1. The van der Waals surface area contributed by atoms with Crippen molar-refractivity contribution < 1.29 is 37.3 Å². The third-order valence-electron chi connectivity index (χ3n) is 10.9. The summed E-state index contributed by atoms with van der Waals surface area (Å²) in [6.07, 6.45) is 64.6. The molecule has 0 radical (unpaired) electrons. The molecule has 0 aromatic rings. The van der Waals surface area contributed by atoms with Gasteiger partial charge in [-0.25, -0.2) is 0 Å². The Morgan fingerprint density at radius 3 is 1.34 bits per heavy atom. The van der Waals surface area contributed by atoms with Gasteiger partial charge in [0.1, 0.15) is 19.3 Å². The minimum absolute atomic E-state index is 0.0190. The molecule has 376 valence electrons. The summed E-state index contributed by atoms with van der Waals surface area (Å²) in [6.45, 7) is 5.24. The molecule has 0 aliphatic rings. The fourth-order valence-electron chi connectivity index (χ4n) is 6.90. The van der Waals surface area contributed by atoms with Crippen molar-refractivity contribution in [2.75, 3.05) is 54.1 Å². The van der Waals surface area contributed by atoms with Crippen LogP contribution in [0, 0.1) is 0 Å². The largest absolute Gasteiger partial charge is 0.756 e. The molecule has 0 aliphatic carbocycles. The molecular formula is C56H100NO7P. The van der Waals surface area contributed by atoms with Crippen LogP contribution in [-0.4, -0.2) is 70.7 Å². The van der Waals surface area contributed by atoms with Crippen LogP contribution in [0.25, 0.3) is 0 Å². The van der Waals surface area contributed by atoms with Gasteiger partial charge in [-0.05, 0) is 89.9 Å². The number of phosphoric acid groups is 1. The average molecular weight is 930 g/mol. The number of nitrogens with zero attached hydrogens (tertiary/aromatic N) is 1. The molecule has 9 heteroatoms. The molecule has 65 heavy (non-hydrogen) atoms. The van der Waals surface area contributed by atoms with E-state index in [4.69, 9.17) is 18.5 Å². The number of allylic oxidation sites excluding steroid dienone is 14. The van der Waals surface area contributed by atoms with Crippen LogP contribution in [-0.2, 0) is 27.9 Å². The van der Waals surface area contributed by atoms with Gasteiger partial charge in [0.05, 0.1) is 34.4 Å². The normalized spacial score (nSPS) is 14.2. The van der Waals surface area contributed by atoms with Crippen molar-refractivity contribution in [3.63, 3.8) is 0 Å². The van der Waals surface area contributed by atoms with E-state index in [-0.39, 0.29) is 25.8 Å². The number of ether oxygens (including phenoxy) is 2. The Kier molecular flexibility index (Phi) is 46.4. The summed E-state index contributed by atoms with van der Waals surface area (Å²) in [5.41, 5.74) is 0. The Bertz CT molecular complexity index is 1310. The van der Waals surface area contributed by atoms with E-state index in [0.29, 0.717) is 24.1 Å². The summed E-state index contributed by atoms with van der Waals surface area (Å²) in [5, 5.41) is 0. The van der Waals surface area contributed by atoms with Crippen molar-refractivity contribution in [2.45, 2.75) is 213 Å². The number of hydrogen-bond donors (Lipinski definition) is 0. The summed E-state index contributed by atoms with van der Waals surface area (Å²) >= 11 is 0. The van der Waals surface area contributed by atoms with E-state index >= 15 is 0 Å². The second-order valence-corrected chi connectivity index (χ2v) is 19.9. The number of esters is 1. The van der Waals surface area contributed by atoms with Crippen LogP contribution >= 0.6 is 7.82 Å². The third-order valence-corrected chi connectivity index (χ3v) is 11.9. The van der Waals surface area contributed by atoms with Crippen LogP contribution < -0.4 is 4.89 Å². The van der Waals surface area contributed by atoms with E-state index in [1.54, 1.807) is 0 Å². The number of carbonyl (C=O) groups excluding carboxylic acids is 1. The van der Waals surface area contributed by atoms with Crippen LogP contribution in [0.5, 0.6) is 0 Å². The molecule has 0 saturated heterocycles. The Labute approximate surface area is 401 Å². The first kappa shape index (κ1) is 62.7. The Morgan fingerprint density at radius 1 is 0.492 bits per heavy atom. The third kappa shape index (κ3) is 52.5. The maximum absolute atomic E-state index is 12.8. The van der Waals surface area contributed by atoms with Gasteiger partial charge in [0.15, 0.2) is 0 Å². The maximum Gasteiger partial charge on any atom is 0.306 e. The summed E-state index contributed by atoms with van der Waals surface area (Å²) in [6, 6.07) is 0. The first-order valence-electron chi connectivity index (χ1n) is 26.3. The van der Waals surface area contributed by atoms with Crippen LogP contribution in [0.15, 0.2) is 85.1 Å². The van der Waals surface area contributed by atoms with Crippen LogP contribution in [0.3, 0.4) is 0 Å². The highest BCUT2D eigenvalue weighted by molar-refractivity contribution is 7.45. The average Bonchev–Trinajstić information content (AvgIpc) is 3.27. The van der Waals surface area contributed by atoms with Crippen molar-refractivity contribution in [3.05, 3.63) is 85.1 Å². The smallest absolute Gasteiger partial charge is 0.306 e. The number of unbranched alkanes of at least 4 members (excludes halogenated alkanes) is 20. The highest BCUT2D eigenvalue weighted by Gasteiger charge is 2.20. The number of hydrogen-bond acceptors (Lipinski definition) is 7. The quantitative estimate of drug-likeness (QED) is 0.0197. The Balaban J connectivity index is 4.17. The topological polar surface area (TPSA) is 94.1 Å². The molecule has 0 aromatic carbocycles. The summed E-state index contributed by atoms with van der Waals surface area (Å²) in [4.78, 5) is 25.2. The fraction of sp³-hybridized carbons (Fsp3) is 0.732. The number of rotatable bonds is 48. The lowest BCUT2D eigenvalue weighted by atomic mass is 10.0. The molecule has 0 saturated carbocycles. The number of quaternary nitrogens is 1. The van der Waals surface area contributed by atoms with Gasteiger partial charge in [0, 0.05) is 13.0 Å². The molecule has 0 heterocycles. The van der Waals surface area contributed by atoms with Crippen LogP contribution in [0.2, 0.25) is 0 Å². The first-order chi connectivity index (χ1) is 31.6. The van der Waals surface area contributed by atoms with Gasteiger partial charge < -0.3 is 27.9 Å². The van der Waals surface area contributed by atoms with E-state index in [2.05, 4.69) is 98.9 Å². The van der Waals surface area contributed by atoms with Gasteiger partial charge in [0.2, 0.25) is 0 Å². The second-order valence-electron chi connectivity index (χ2n) is 18.5. The Hall–Kier alpha value is -2.32.